The van der Waals surface area contributed by atoms with E-state index in [2.05, 4.69) is 151 Å². The van der Waals surface area contributed by atoms with Gasteiger partial charge < -0.3 is 9.13 Å². The van der Waals surface area contributed by atoms with Crippen molar-refractivity contribution in [2.24, 2.45) is 4.99 Å². The number of hydrogen-bond donors (Lipinski definition) is 0. The maximum absolute atomic E-state index is 4.61. The Morgan fingerprint density at radius 2 is 0.906 bits per heavy atom. The first-order valence-electron chi connectivity index (χ1n) is 18.2. The van der Waals surface area contributed by atoms with Crippen molar-refractivity contribution in [2.75, 3.05) is 6.54 Å². The van der Waals surface area contributed by atoms with Gasteiger partial charge in [0.2, 0.25) is 0 Å². The van der Waals surface area contributed by atoms with Gasteiger partial charge >= 0.3 is 0 Å². The molecule has 4 aromatic carbocycles. The number of fused-ring (bicyclic) bond motifs is 6. The second kappa shape index (κ2) is 12.8. The summed E-state index contributed by atoms with van der Waals surface area (Å²) in [5.74, 6) is 0.352. The molecule has 6 heteroatoms. The lowest BCUT2D eigenvalue weighted by molar-refractivity contribution is 0.720. The van der Waals surface area contributed by atoms with E-state index in [9.17, 15) is 0 Å². The van der Waals surface area contributed by atoms with Crippen molar-refractivity contribution in [3.8, 4) is 22.5 Å². The van der Waals surface area contributed by atoms with Crippen LogP contribution in [0.25, 0.3) is 55.2 Å². The van der Waals surface area contributed by atoms with E-state index in [1.54, 1.807) is 0 Å². The molecule has 0 saturated heterocycles. The quantitative estimate of drug-likeness (QED) is 0.168. The minimum Gasteiger partial charge on any atom is -0.312 e. The molecule has 6 nitrogen and oxygen atoms in total. The fraction of sp³-hybridized carbons (Fsp3) is 0.106. The maximum atomic E-state index is 4.61. The van der Waals surface area contributed by atoms with Crippen molar-refractivity contribution in [2.45, 2.75) is 25.7 Å². The summed E-state index contributed by atoms with van der Waals surface area (Å²) in [6.45, 7) is 3.07. The number of nitrogens with zero attached hydrogens (tertiary/aromatic N) is 6. The van der Waals surface area contributed by atoms with Crippen LogP contribution in [0.2, 0.25) is 0 Å². The maximum Gasteiger partial charge on any atom is 0.0572 e. The monoisotopic (exact) mass is 684 g/mol. The molecular weight excluding hydrogens is 649 g/mol. The first kappa shape index (κ1) is 31.1. The van der Waals surface area contributed by atoms with Gasteiger partial charge in [-0.2, -0.15) is 0 Å². The summed E-state index contributed by atoms with van der Waals surface area (Å²) in [5, 5.41) is 3.39. The van der Waals surface area contributed by atoms with Gasteiger partial charge in [0.1, 0.15) is 0 Å². The smallest absolute Gasteiger partial charge is 0.0572 e. The molecule has 6 heterocycles. The molecule has 10 rings (SSSR count). The van der Waals surface area contributed by atoms with Gasteiger partial charge in [0.15, 0.2) is 0 Å². The molecule has 0 spiro atoms. The van der Waals surface area contributed by atoms with Crippen LogP contribution in [0.5, 0.6) is 0 Å². The highest BCUT2D eigenvalue weighted by molar-refractivity contribution is 6.08. The third-order valence-electron chi connectivity index (χ3n) is 10.7. The van der Waals surface area contributed by atoms with Crippen LogP contribution >= 0.6 is 0 Å². The first-order chi connectivity index (χ1) is 26.2. The number of aromatic nitrogens is 5. The van der Waals surface area contributed by atoms with E-state index in [4.69, 9.17) is 0 Å². The van der Waals surface area contributed by atoms with Crippen molar-refractivity contribution in [1.29, 1.82) is 0 Å². The Balaban J connectivity index is 0.821. The van der Waals surface area contributed by atoms with Gasteiger partial charge in [-0.3, -0.25) is 19.9 Å². The van der Waals surface area contributed by atoms with Gasteiger partial charge in [-0.15, -0.1) is 0 Å². The molecule has 0 bridgehead atoms. The van der Waals surface area contributed by atoms with E-state index in [1.807, 2.05) is 43.4 Å². The lowest BCUT2D eigenvalue weighted by Crippen LogP contribution is -2.12. The van der Waals surface area contributed by atoms with Crippen molar-refractivity contribution in [3.05, 3.63) is 186 Å². The third-order valence-corrected chi connectivity index (χ3v) is 10.7. The number of hydrogen-bond acceptors (Lipinski definition) is 4. The number of benzene rings is 4. The van der Waals surface area contributed by atoms with Crippen molar-refractivity contribution < 1.29 is 0 Å². The lowest BCUT2D eigenvalue weighted by Gasteiger charge is -2.19. The highest BCUT2D eigenvalue weighted by atomic mass is 15.0. The molecule has 0 saturated carbocycles. The summed E-state index contributed by atoms with van der Waals surface area (Å²) in [4.78, 5) is 17.7. The van der Waals surface area contributed by atoms with Gasteiger partial charge in [-0.1, -0.05) is 79.7 Å². The highest BCUT2D eigenvalue weighted by Crippen LogP contribution is 2.35. The standard InChI is InChI=1S/C47H36N6/c1-31-26-51-30-43-42-29-50-23-20-46(42)53(47(31)43)39-16-8-35(9-17-39)25-33-4-12-37(13-5-33)36-10-2-32(3-11-36)24-34-6-14-38(15-7-34)52-44-18-21-48-27-40(44)41-28-49-22-19-45(41)52/h2-23,27-31H,24-26H2,1H3. The summed E-state index contributed by atoms with van der Waals surface area (Å²) in [7, 11) is 0. The molecular formula is C47H36N6. The van der Waals surface area contributed by atoms with Crippen LogP contribution in [0.15, 0.2) is 157 Å². The van der Waals surface area contributed by atoms with Crippen molar-refractivity contribution >= 4 is 38.9 Å². The van der Waals surface area contributed by atoms with Crippen LogP contribution < -0.4 is 0 Å². The molecule has 1 aliphatic heterocycles. The molecule has 5 aromatic heterocycles. The third kappa shape index (κ3) is 5.51. The minimum absolute atomic E-state index is 0.352. The Bertz CT molecular complexity index is 2740. The second-order valence-corrected chi connectivity index (χ2v) is 14.1. The summed E-state index contributed by atoms with van der Waals surface area (Å²) in [6.07, 6.45) is 15.2. The lowest BCUT2D eigenvalue weighted by atomic mass is 9.98. The fourth-order valence-electron chi connectivity index (χ4n) is 8.08. The largest absolute Gasteiger partial charge is 0.312 e. The van der Waals surface area contributed by atoms with Crippen LogP contribution in [0, 0.1) is 0 Å². The molecule has 0 amide bonds. The molecule has 1 atom stereocenters. The van der Waals surface area contributed by atoms with Crippen molar-refractivity contribution in [1.82, 2.24) is 24.1 Å². The molecule has 0 fully saturated rings. The zero-order chi connectivity index (χ0) is 35.3. The average Bonchev–Trinajstić information content (AvgIpc) is 3.73. The molecule has 254 valence electrons. The summed E-state index contributed by atoms with van der Waals surface area (Å²) in [5.41, 5.74) is 15.9. The fourth-order valence-corrected chi connectivity index (χ4v) is 8.08. The van der Waals surface area contributed by atoms with E-state index in [0.717, 1.165) is 52.3 Å². The van der Waals surface area contributed by atoms with Gasteiger partial charge in [0.05, 0.1) is 16.6 Å². The number of pyridine rings is 3. The van der Waals surface area contributed by atoms with E-state index < -0.39 is 0 Å². The van der Waals surface area contributed by atoms with Crippen LogP contribution in [0.1, 0.15) is 46.4 Å². The van der Waals surface area contributed by atoms with Crippen LogP contribution in [-0.4, -0.2) is 36.8 Å². The van der Waals surface area contributed by atoms with E-state index in [1.165, 1.54) is 55.8 Å². The van der Waals surface area contributed by atoms with Crippen LogP contribution in [0.4, 0.5) is 0 Å². The SMILES string of the molecule is CC1CN=Cc2c1n(-c1ccc(Cc3ccc(-c4ccc(Cc5ccc(-n6c7ccncc7c7cnccc76)cc5)cc4)cc3)cc1)c1ccncc21. The summed E-state index contributed by atoms with van der Waals surface area (Å²) < 4.78 is 4.69. The highest BCUT2D eigenvalue weighted by Gasteiger charge is 2.24. The average molecular weight is 685 g/mol. The topological polar surface area (TPSA) is 60.9 Å². The molecule has 1 aliphatic rings. The predicted octanol–water partition coefficient (Wildman–Crippen LogP) is 10.3. The Kier molecular flexibility index (Phi) is 7.53. The number of aliphatic imine (C=N–C) groups is 1. The van der Waals surface area contributed by atoms with Crippen molar-refractivity contribution in [3.63, 3.8) is 0 Å². The van der Waals surface area contributed by atoms with Crippen LogP contribution in [-0.2, 0) is 12.8 Å². The Morgan fingerprint density at radius 1 is 0.491 bits per heavy atom. The predicted molar refractivity (Wildman–Crippen MR) is 216 cm³/mol. The normalized spacial score (nSPS) is 13.9. The number of rotatable bonds is 7. The van der Waals surface area contributed by atoms with E-state index in [0.29, 0.717) is 5.92 Å². The molecule has 0 radical (unpaired) electrons. The molecule has 9 aromatic rings. The Hall–Kier alpha value is -6.66. The minimum atomic E-state index is 0.352. The molecule has 0 aliphatic carbocycles. The Morgan fingerprint density at radius 3 is 1.40 bits per heavy atom. The molecule has 0 N–H and O–H groups in total. The van der Waals surface area contributed by atoms with Gasteiger partial charge in [-0.25, -0.2) is 0 Å². The van der Waals surface area contributed by atoms with E-state index >= 15 is 0 Å². The van der Waals surface area contributed by atoms with Gasteiger partial charge in [0.25, 0.3) is 0 Å². The van der Waals surface area contributed by atoms with E-state index in [-0.39, 0.29) is 0 Å². The summed E-state index contributed by atoms with van der Waals surface area (Å²) >= 11 is 0. The van der Waals surface area contributed by atoms with Crippen LogP contribution in [0.3, 0.4) is 0 Å². The van der Waals surface area contributed by atoms with Gasteiger partial charge in [-0.05, 0) is 88.7 Å². The summed E-state index contributed by atoms with van der Waals surface area (Å²) in [6, 6.07) is 42.2. The molecule has 1 unspecified atom stereocenters. The zero-order valence-electron chi connectivity index (χ0n) is 29.4. The van der Waals surface area contributed by atoms with Gasteiger partial charge in [0, 0.05) is 94.6 Å². The first-order valence-corrected chi connectivity index (χ1v) is 18.2. The Labute approximate surface area is 307 Å². The zero-order valence-corrected chi connectivity index (χ0v) is 29.4. The molecule has 53 heavy (non-hydrogen) atoms. The second-order valence-electron chi connectivity index (χ2n) is 14.1.